The predicted octanol–water partition coefficient (Wildman–Crippen LogP) is 2.87. The highest BCUT2D eigenvalue weighted by atomic mass is 32.2. The van der Waals surface area contributed by atoms with E-state index < -0.39 is 21.6 Å². The topological polar surface area (TPSA) is 46.2 Å². The van der Waals surface area contributed by atoms with Gasteiger partial charge in [0.2, 0.25) is 0 Å². The van der Waals surface area contributed by atoms with Gasteiger partial charge in [-0.05, 0) is 31.7 Å². The zero-order valence-corrected chi connectivity index (χ0v) is 12.2. The molecule has 1 atom stereocenters. The zero-order chi connectivity index (χ0) is 15.4. The monoisotopic (exact) mass is 309 g/mol. The van der Waals surface area contributed by atoms with Gasteiger partial charge in [-0.1, -0.05) is 19.4 Å². The molecule has 7 heteroatoms. The molecule has 114 valence electrons. The molecule has 0 aliphatic carbocycles. The van der Waals surface area contributed by atoms with E-state index >= 15 is 0 Å². The van der Waals surface area contributed by atoms with Crippen LogP contribution >= 0.6 is 0 Å². The number of rotatable bonds is 6. The zero-order valence-electron chi connectivity index (χ0n) is 11.4. The highest BCUT2D eigenvalue weighted by Crippen LogP contribution is 2.30. The fourth-order valence-electron chi connectivity index (χ4n) is 1.89. The van der Waals surface area contributed by atoms with E-state index in [0.717, 1.165) is 18.6 Å². The van der Waals surface area contributed by atoms with Gasteiger partial charge >= 0.3 is 6.18 Å². The molecule has 0 aliphatic heterocycles. The normalized spacial score (nSPS) is 14.2. The van der Waals surface area contributed by atoms with Crippen molar-refractivity contribution in [3.63, 3.8) is 0 Å². The lowest BCUT2D eigenvalue weighted by Crippen LogP contribution is -2.33. The maximum Gasteiger partial charge on any atom is 0.416 e. The Bertz CT molecular complexity index is 541. The largest absolute Gasteiger partial charge is 0.416 e. The molecule has 1 aromatic carbocycles. The summed E-state index contributed by atoms with van der Waals surface area (Å²) in [6.07, 6.45) is -3.10. The van der Waals surface area contributed by atoms with Gasteiger partial charge in [0.1, 0.15) is 0 Å². The quantitative estimate of drug-likeness (QED) is 0.879. The van der Waals surface area contributed by atoms with E-state index in [9.17, 15) is 21.6 Å². The van der Waals surface area contributed by atoms with Gasteiger partial charge in [0.05, 0.1) is 16.2 Å². The molecule has 3 nitrogen and oxygen atoms in total. The average molecular weight is 309 g/mol. The van der Waals surface area contributed by atoms with E-state index in [1.807, 2.05) is 6.92 Å². The van der Waals surface area contributed by atoms with E-state index in [1.165, 1.54) is 6.07 Å². The van der Waals surface area contributed by atoms with E-state index in [2.05, 4.69) is 5.32 Å². The van der Waals surface area contributed by atoms with Gasteiger partial charge < -0.3 is 5.32 Å². The third-order valence-corrected chi connectivity index (χ3v) is 4.80. The first-order valence-electron chi connectivity index (χ1n) is 6.28. The summed E-state index contributed by atoms with van der Waals surface area (Å²) in [5, 5.41) is 2.87. The summed E-state index contributed by atoms with van der Waals surface area (Å²) in [5.41, 5.74) is -0.949. The first kappa shape index (κ1) is 17.0. The van der Waals surface area contributed by atoms with E-state index in [-0.39, 0.29) is 16.7 Å². The van der Waals surface area contributed by atoms with Crippen molar-refractivity contribution >= 4 is 9.84 Å². The van der Waals surface area contributed by atoms with Crippen LogP contribution in [0.1, 0.15) is 25.3 Å². The van der Waals surface area contributed by atoms with Gasteiger partial charge in [-0.3, -0.25) is 0 Å². The lowest BCUT2D eigenvalue weighted by molar-refractivity contribution is -0.137. The third-order valence-electron chi connectivity index (χ3n) is 2.99. The molecule has 0 bridgehead atoms. The second-order valence-corrected chi connectivity index (χ2v) is 6.62. The van der Waals surface area contributed by atoms with Crippen molar-refractivity contribution in [1.82, 2.24) is 5.32 Å². The van der Waals surface area contributed by atoms with Crippen molar-refractivity contribution in [2.24, 2.45) is 0 Å². The smallest absolute Gasteiger partial charge is 0.316 e. The Hall–Kier alpha value is -1.08. The van der Waals surface area contributed by atoms with Crippen molar-refractivity contribution in [3.8, 4) is 0 Å². The molecular formula is C13H18F3NO2S. The number of hydrogen-bond acceptors (Lipinski definition) is 3. The number of nitrogens with one attached hydrogen (secondary N) is 1. The SMILES string of the molecule is CCCC(CS(=O)(=O)c1cccc(C(F)(F)F)c1)NC. The molecule has 0 fully saturated rings. The van der Waals surface area contributed by atoms with Crippen LogP contribution in [0.3, 0.4) is 0 Å². The fourth-order valence-corrected chi connectivity index (χ4v) is 3.53. The highest BCUT2D eigenvalue weighted by molar-refractivity contribution is 7.91. The summed E-state index contributed by atoms with van der Waals surface area (Å²) < 4.78 is 62.1. The molecule has 1 unspecified atom stereocenters. The number of alkyl halides is 3. The second kappa shape index (κ2) is 6.58. The molecule has 0 aromatic heterocycles. The Kier molecular flexibility index (Phi) is 5.59. The van der Waals surface area contributed by atoms with Gasteiger partial charge in [-0.15, -0.1) is 0 Å². The van der Waals surface area contributed by atoms with Crippen LogP contribution in [0.4, 0.5) is 13.2 Å². The molecule has 1 N–H and O–H groups in total. The van der Waals surface area contributed by atoms with Crippen LogP contribution in [-0.2, 0) is 16.0 Å². The molecule has 1 aromatic rings. The van der Waals surface area contributed by atoms with Gasteiger partial charge in [0, 0.05) is 6.04 Å². The minimum atomic E-state index is -4.54. The minimum absolute atomic E-state index is 0.210. The predicted molar refractivity (Wildman–Crippen MR) is 71.3 cm³/mol. The Morgan fingerprint density at radius 3 is 2.45 bits per heavy atom. The number of sulfone groups is 1. The molecular weight excluding hydrogens is 291 g/mol. The standard InChI is InChI=1S/C13H18F3NO2S/c1-3-5-11(17-2)9-20(18,19)12-7-4-6-10(8-12)13(14,15)16/h4,6-8,11,17H,3,5,9H2,1-2H3. The lowest BCUT2D eigenvalue weighted by Gasteiger charge is -2.16. The third kappa shape index (κ3) is 4.49. The Morgan fingerprint density at radius 2 is 1.95 bits per heavy atom. The van der Waals surface area contributed by atoms with E-state index in [0.29, 0.717) is 12.5 Å². The van der Waals surface area contributed by atoms with Crippen molar-refractivity contribution in [3.05, 3.63) is 29.8 Å². The Balaban J connectivity index is 3.04. The average Bonchev–Trinajstić information content (AvgIpc) is 2.37. The van der Waals surface area contributed by atoms with Crippen molar-refractivity contribution in [2.75, 3.05) is 12.8 Å². The minimum Gasteiger partial charge on any atom is -0.316 e. The van der Waals surface area contributed by atoms with Gasteiger partial charge in [0.25, 0.3) is 0 Å². The van der Waals surface area contributed by atoms with Crippen LogP contribution in [0, 0.1) is 0 Å². The summed E-state index contributed by atoms with van der Waals surface area (Å²) >= 11 is 0. The molecule has 1 rings (SSSR count). The van der Waals surface area contributed by atoms with Crippen LogP contribution in [0.15, 0.2) is 29.2 Å². The Morgan fingerprint density at radius 1 is 1.30 bits per heavy atom. The lowest BCUT2D eigenvalue weighted by atomic mass is 10.2. The summed E-state index contributed by atoms with van der Waals surface area (Å²) in [6, 6.07) is 3.60. The summed E-state index contributed by atoms with van der Waals surface area (Å²) in [4.78, 5) is -0.288. The molecule has 0 amide bonds. The van der Waals surface area contributed by atoms with Crippen LogP contribution < -0.4 is 5.32 Å². The number of halogens is 3. The van der Waals surface area contributed by atoms with Crippen LogP contribution in [0.5, 0.6) is 0 Å². The maximum atomic E-state index is 12.6. The van der Waals surface area contributed by atoms with Gasteiger partial charge in [-0.2, -0.15) is 13.2 Å². The van der Waals surface area contributed by atoms with Crippen molar-refractivity contribution in [1.29, 1.82) is 0 Å². The second-order valence-electron chi connectivity index (χ2n) is 4.58. The summed E-state index contributed by atoms with van der Waals surface area (Å²) in [5.74, 6) is -0.210. The molecule has 0 heterocycles. The van der Waals surface area contributed by atoms with Crippen LogP contribution in [0.25, 0.3) is 0 Å². The molecule has 0 spiro atoms. The van der Waals surface area contributed by atoms with Crippen LogP contribution in [-0.4, -0.2) is 27.3 Å². The number of hydrogen-bond donors (Lipinski definition) is 1. The van der Waals surface area contributed by atoms with Crippen molar-refractivity contribution < 1.29 is 21.6 Å². The van der Waals surface area contributed by atoms with Crippen molar-refractivity contribution in [2.45, 2.75) is 36.9 Å². The fraction of sp³-hybridized carbons (Fsp3) is 0.538. The van der Waals surface area contributed by atoms with Gasteiger partial charge in [0.15, 0.2) is 9.84 Å². The first-order chi connectivity index (χ1) is 9.20. The number of benzene rings is 1. The first-order valence-corrected chi connectivity index (χ1v) is 7.93. The maximum absolute atomic E-state index is 12.6. The highest BCUT2D eigenvalue weighted by Gasteiger charge is 2.32. The molecule has 0 saturated carbocycles. The molecule has 0 saturated heterocycles. The summed E-state index contributed by atoms with van der Waals surface area (Å²) in [7, 11) is -2.10. The Labute approximate surface area is 117 Å². The van der Waals surface area contributed by atoms with Crippen LogP contribution in [0.2, 0.25) is 0 Å². The van der Waals surface area contributed by atoms with E-state index in [1.54, 1.807) is 7.05 Å². The summed E-state index contributed by atoms with van der Waals surface area (Å²) in [6.45, 7) is 1.92. The van der Waals surface area contributed by atoms with Gasteiger partial charge in [-0.25, -0.2) is 8.42 Å². The molecule has 20 heavy (non-hydrogen) atoms. The van der Waals surface area contributed by atoms with E-state index in [4.69, 9.17) is 0 Å². The molecule has 0 aliphatic rings. The molecule has 0 radical (unpaired) electrons.